The van der Waals surface area contributed by atoms with Crippen molar-refractivity contribution in [2.24, 2.45) is 23.2 Å². The minimum atomic E-state index is -2.04. The molecule has 4 bridgehead atoms. The highest BCUT2D eigenvalue weighted by molar-refractivity contribution is 8.06. The fourth-order valence-electron chi connectivity index (χ4n) is 12.4. The van der Waals surface area contributed by atoms with Gasteiger partial charge >= 0.3 is 5.97 Å². The second-order valence-corrected chi connectivity index (χ2v) is 69.7. The summed E-state index contributed by atoms with van der Waals surface area (Å²) in [5.74, 6) is 2.14. The van der Waals surface area contributed by atoms with E-state index in [9.17, 15) is 9.90 Å². The van der Waals surface area contributed by atoms with Gasteiger partial charge < -0.3 is 5.11 Å². The summed E-state index contributed by atoms with van der Waals surface area (Å²) in [6.07, 6.45) is 6.25. The number of hydrogen-bond donors (Lipinski definition) is 1. The van der Waals surface area contributed by atoms with Gasteiger partial charge in [-0.25, -0.2) is 0 Å². The van der Waals surface area contributed by atoms with Crippen molar-refractivity contribution in [1.29, 1.82) is 0 Å². The zero-order valence-corrected chi connectivity index (χ0v) is 26.9. The first-order chi connectivity index (χ1) is 13.3. The highest BCUT2D eigenvalue weighted by atomic mass is 30.2. The molecule has 0 saturated heterocycles. The van der Waals surface area contributed by atoms with Crippen molar-refractivity contribution in [2.45, 2.75) is 116 Å². The summed E-state index contributed by atoms with van der Waals surface area (Å²) in [6.45, 7) is 29.3. The lowest BCUT2D eigenvalue weighted by molar-refractivity contribution is -0.145. The van der Waals surface area contributed by atoms with Crippen LogP contribution in [-0.2, 0) is 4.79 Å². The van der Waals surface area contributed by atoms with Gasteiger partial charge in [0.1, 0.15) is 0 Å². The third kappa shape index (κ3) is 3.43. The van der Waals surface area contributed by atoms with Crippen molar-refractivity contribution in [3.8, 4) is 0 Å². The Morgan fingerprint density at radius 1 is 0.700 bits per heavy atom. The molecule has 0 aromatic carbocycles. The SMILES string of the molecule is C[Si](C)(C)[Si]([Si](C)(C)C)([Si](C)(C)C)[Si](C)(C)C(C(=O)O)C12CC3CC(CC(C3)C1)C2. The number of aliphatic carboxylic acids is 1. The lowest BCUT2D eigenvalue weighted by Gasteiger charge is -2.69. The van der Waals surface area contributed by atoms with Gasteiger partial charge in [-0.1, -0.05) is 72.0 Å². The molecule has 4 aliphatic rings. The standard InChI is InChI=1S/C23H50O2Si5/c1-26(2,3)30(27(4,5)6,28(7,8)9)29(10,11)21(22(24)25)23-15-18-12-19(16-23)14-20(13-18)17-23/h18-21H,12-17H2,1-11H3,(H,24,25). The molecule has 7 heteroatoms. The lowest BCUT2D eigenvalue weighted by Crippen LogP contribution is -2.94. The Morgan fingerprint density at radius 3 is 1.23 bits per heavy atom. The van der Waals surface area contributed by atoms with Gasteiger partial charge in [-0.2, -0.15) is 0 Å². The van der Waals surface area contributed by atoms with Gasteiger partial charge in [-0.15, -0.1) is 0 Å². The molecule has 4 rings (SSSR count). The minimum absolute atomic E-state index is 0.00948. The van der Waals surface area contributed by atoms with E-state index in [0.717, 1.165) is 17.8 Å². The second-order valence-electron chi connectivity index (χ2n) is 15.3. The third-order valence-corrected chi connectivity index (χ3v) is 126. The zero-order valence-electron chi connectivity index (χ0n) is 21.9. The first-order valence-corrected chi connectivity index (χ1v) is 32.1. The Hall–Kier alpha value is 0.554. The smallest absolute Gasteiger partial charge is 0.304 e. The van der Waals surface area contributed by atoms with Gasteiger partial charge in [-0.05, 0) is 61.7 Å². The van der Waals surface area contributed by atoms with Crippen LogP contribution in [0.3, 0.4) is 0 Å². The van der Waals surface area contributed by atoms with E-state index in [-0.39, 0.29) is 16.9 Å². The predicted molar refractivity (Wildman–Crippen MR) is 145 cm³/mol. The molecular weight excluding hydrogens is 449 g/mol. The zero-order chi connectivity index (χ0) is 23.1. The molecule has 4 fully saturated rings. The second kappa shape index (κ2) is 7.27. The van der Waals surface area contributed by atoms with Crippen LogP contribution < -0.4 is 0 Å². The summed E-state index contributed by atoms with van der Waals surface area (Å²) >= 11 is 0. The third-order valence-electron chi connectivity index (χ3n) is 10.0. The number of rotatable bonds is 7. The molecular formula is C23H50O2Si5. The van der Waals surface area contributed by atoms with E-state index in [1.54, 1.807) is 0 Å². The fraction of sp³-hybridized carbons (Fsp3) is 0.957. The van der Waals surface area contributed by atoms with Crippen LogP contribution in [0.5, 0.6) is 0 Å². The quantitative estimate of drug-likeness (QED) is 0.378. The molecule has 0 heterocycles. The van der Waals surface area contributed by atoms with Crippen LogP contribution in [0.1, 0.15) is 38.5 Å². The lowest BCUT2D eigenvalue weighted by atomic mass is 9.48. The summed E-state index contributed by atoms with van der Waals surface area (Å²) in [4.78, 5) is 13.4. The van der Waals surface area contributed by atoms with Crippen molar-refractivity contribution in [3.63, 3.8) is 0 Å². The average molecular weight is 499 g/mol. The van der Waals surface area contributed by atoms with Gasteiger partial charge in [0.05, 0.1) is 13.1 Å². The normalized spacial score (nSPS) is 33.6. The molecule has 0 aliphatic heterocycles. The monoisotopic (exact) mass is 498 g/mol. The molecule has 1 atom stereocenters. The number of hydrogen-bond acceptors (Lipinski definition) is 1. The highest BCUT2D eigenvalue weighted by Crippen LogP contribution is 2.67. The Labute approximate surface area is 191 Å². The number of carboxylic acid groups (broad SMARTS) is 1. The molecule has 1 N–H and O–H groups in total. The Morgan fingerprint density at radius 2 is 1.00 bits per heavy atom. The molecule has 0 aromatic heterocycles. The van der Waals surface area contributed by atoms with Crippen LogP contribution in [0.2, 0.25) is 77.6 Å². The van der Waals surface area contributed by atoms with E-state index in [4.69, 9.17) is 0 Å². The van der Waals surface area contributed by atoms with Crippen molar-refractivity contribution in [2.75, 3.05) is 0 Å². The van der Waals surface area contributed by atoms with E-state index in [2.05, 4.69) is 72.0 Å². The van der Waals surface area contributed by atoms with E-state index in [0.29, 0.717) is 0 Å². The molecule has 2 nitrogen and oxygen atoms in total. The van der Waals surface area contributed by atoms with Crippen LogP contribution in [0.4, 0.5) is 0 Å². The van der Waals surface area contributed by atoms with E-state index >= 15 is 0 Å². The Bertz CT molecular complexity index is 625. The summed E-state index contributed by atoms with van der Waals surface area (Å²) in [5.41, 5.74) is 0.156. The van der Waals surface area contributed by atoms with Crippen molar-refractivity contribution in [3.05, 3.63) is 0 Å². The van der Waals surface area contributed by atoms with Gasteiger partial charge in [0.25, 0.3) is 0 Å². The molecule has 4 saturated carbocycles. The molecule has 30 heavy (non-hydrogen) atoms. The van der Waals surface area contributed by atoms with Crippen LogP contribution in [-0.4, -0.2) is 47.6 Å². The van der Waals surface area contributed by atoms with Crippen LogP contribution in [0, 0.1) is 23.2 Å². The molecule has 0 aromatic rings. The largest absolute Gasteiger partial charge is 0.481 e. The highest BCUT2D eigenvalue weighted by Gasteiger charge is 2.74. The maximum absolute atomic E-state index is 13.4. The molecule has 174 valence electrons. The molecule has 0 radical (unpaired) electrons. The molecule has 4 aliphatic carbocycles. The van der Waals surface area contributed by atoms with Gasteiger partial charge in [-0.3, -0.25) is 4.79 Å². The van der Waals surface area contributed by atoms with Crippen LogP contribution >= 0.6 is 0 Å². The maximum atomic E-state index is 13.4. The van der Waals surface area contributed by atoms with Gasteiger partial charge in [0, 0.05) is 28.9 Å². The average Bonchev–Trinajstić information content (AvgIpc) is 2.38. The summed E-state index contributed by atoms with van der Waals surface area (Å²) in [7, 11) is -6.56. The maximum Gasteiger partial charge on any atom is 0.304 e. The number of carbonyl (C=O) groups is 1. The first kappa shape index (κ1) is 25.2. The van der Waals surface area contributed by atoms with Crippen LogP contribution in [0.15, 0.2) is 0 Å². The summed E-state index contributed by atoms with van der Waals surface area (Å²) in [6, 6.07) is 0. The minimum Gasteiger partial charge on any atom is -0.481 e. The van der Waals surface area contributed by atoms with Gasteiger partial charge in [0.15, 0.2) is 0 Å². The van der Waals surface area contributed by atoms with Crippen LogP contribution in [0.25, 0.3) is 0 Å². The van der Waals surface area contributed by atoms with Gasteiger partial charge in [0.2, 0.25) is 0 Å². The molecule has 1 unspecified atom stereocenters. The summed E-state index contributed by atoms with van der Waals surface area (Å²) < 4.78 is 0. The van der Waals surface area contributed by atoms with Crippen molar-refractivity contribution in [1.82, 2.24) is 0 Å². The fourth-order valence-corrected chi connectivity index (χ4v) is 185. The van der Waals surface area contributed by atoms with Crippen molar-refractivity contribution >= 4 is 42.5 Å². The van der Waals surface area contributed by atoms with Crippen molar-refractivity contribution < 1.29 is 9.90 Å². The Balaban J connectivity index is 2.26. The topological polar surface area (TPSA) is 37.3 Å². The summed E-state index contributed by atoms with van der Waals surface area (Å²) in [5, 5.41) is 11.0. The first-order valence-electron chi connectivity index (χ1n) is 12.5. The Kier molecular flexibility index (Phi) is 6.11. The molecule has 0 amide bonds. The number of carboxylic acids is 1. The van der Waals surface area contributed by atoms with E-state index in [1.807, 2.05) is 0 Å². The predicted octanol–water partition coefficient (Wildman–Crippen LogP) is 7.14. The molecule has 0 spiro atoms. The van der Waals surface area contributed by atoms with E-state index < -0.39 is 36.5 Å². The van der Waals surface area contributed by atoms with E-state index in [1.165, 1.54) is 38.5 Å².